The van der Waals surface area contributed by atoms with E-state index in [-0.39, 0.29) is 22.9 Å². The van der Waals surface area contributed by atoms with E-state index in [1.165, 1.54) is 25.3 Å². The minimum Gasteiger partial charge on any atom is -0.317 e. The van der Waals surface area contributed by atoms with Crippen molar-refractivity contribution in [3.8, 4) is 0 Å². The zero-order chi connectivity index (χ0) is 25.5. The van der Waals surface area contributed by atoms with Crippen LogP contribution in [0.3, 0.4) is 0 Å². The molecule has 3 aromatic heterocycles. The number of Topliss-reactive ketones (excluding diaryl/α,β-unsaturated/α-hetero) is 1. The summed E-state index contributed by atoms with van der Waals surface area (Å²) >= 11 is 0. The Labute approximate surface area is 216 Å². The van der Waals surface area contributed by atoms with Gasteiger partial charge in [0.25, 0.3) is 5.56 Å². The molecule has 6 rings (SSSR count). The number of carbonyl (C=O) groups excluding carboxylic acids is 1. The largest absolute Gasteiger partial charge is 0.317 e. The van der Waals surface area contributed by atoms with Crippen molar-refractivity contribution < 1.29 is 4.79 Å². The zero-order valence-electron chi connectivity index (χ0n) is 21.7. The van der Waals surface area contributed by atoms with Crippen molar-refractivity contribution >= 4 is 28.6 Å². The van der Waals surface area contributed by atoms with E-state index in [0.29, 0.717) is 29.0 Å². The maximum Gasteiger partial charge on any atom is 0.263 e. The minimum atomic E-state index is -0.237. The van der Waals surface area contributed by atoms with Gasteiger partial charge < -0.3 is 10.6 Å². The molecule has 2 aliphatic heterocycles. The molecule has 3 aromatic rings. The van der Waals surface area contributed by atoms with Gasteiger partial charge in [-0.05, 0) is 76.2 Å². The predicted molar refractivity (Wildman–Crippen MR) is 144 cm³/mol. The van der Waals surface area contributed by atoms with E-state index >= 15 is 0 Å². The van der Waals surface area contributed by atoms with Crippen molar-refractivity contribution in [1.82, 2.24) is 29.7 Å². The summed E-state index contributed by atoms with van der Waals surface area (Å²) in [6.45, 7) is 7.39. The average molecular weight is 502 g/mol. The smallest absolute Gasteiger partial charge is 0.263 e. The molecule has 194 valence electrons. The first-order valence-corrected chi connectivity index (χ1v) is 13.6. The van der Waals surface area contributed by atoms with E-state index in [1.807, 2.05) is 13.0 Å². The Bertz CT molecular complexity index is 1400. The molecular formula is C28H35N7O2. The van der Waals surface area contributed by atoms with Gasteiger partial charge in [-0.2, -0.15) is 4.98 Å². The van der Waals surface area contributed by atoms with Crippen molar-refractivity contribution in [3.05, 3.63) is 51.1 Å². The molecule has 0 unspecified atom stereocenters. The van der Waals surface area contributed by atoms with Crippen LogP contribution in [0.1, 0.15) is 78.7 Å². The molecule has 9 heteroatoms. The Kier molecular flexibility index (Phi) is 6.50. The second kappa shape index (κ2) is 9.95. The van der Waals surface area contributed by atoms with Crippen molar-refractivity contribution in [2.75, 3.05) is 25.0 Å². The number of ketones is 1. The number of anilines is 2. The average Bonchev–Trinajstić information content (AvgIpc) is 3.43. The van der Waals surface area contributed by atoms with Crippen LogP contribution in [0.2, 0.25) is 0 Å². The first-order chi connectivity index (χ1) is 18.0. The van der Waals surface area contributed by atoms with E-state index in [9.17, 15) is 9.59 Å². The van der Waals surface area contributed by atoms with Crippen molar-refractivity contribution in [3.63, 3.8) is 0 Å². The molecule has 2 fully saturated rings. The van der Waals surface area contributed by atoms with E-state index in [1.54, 1.807) is 10.8 Å². The molecule has 1 saturated heterocycles. The number of fused-ring (bicyclic) bond motifs is 2. The highest BCUT2D eigenvalue weighted by Gasteiger charge is 2.27. The van der Waals surface area contributed by atoms with E-state index in [4.69, 9.17) is 9.97 Å². The SMILES string of the molecule is CC(=O)c1c(C)c2cnc(Nc3ccc4c(n3)CN(C3CCNCC3)CC4)nc2n(C2CCCC2)c1=O. The van der Waals surface area contributed by atoms with Gasteiger partial charge in [0, 0.05) is 36.8 Å². The second-order valence-electron chi connectivity index (χ2n) is 10.7. The van der Waals surface area contributed by atoms with E-state index in [2.05, 4.69) is 26.6 Å². The molecule has 2 N–H and O–H groups in total. The first-order valence-electron chi connectivity index (χ1n) is 13.6. The van der Waals surface area contributed by atoms with Gasteiger partial charge in [-0.1, -0.05) is 18.9 Å². The monoisotopic (exact) mass is 501 g/mol. The number of hydrogen-bond donors (Lipinski definition) is 2. The number of carbonyl (C=O) groups is 1. The maximum absolute atomic E-state index is 13.5. The molecule has 0 bridgehead atoms. The number of hydrogen-bond acceptors (Lipinski definition) is 8. The standard InChI is InChI=1S/C28H35N7O2/c1-17-22-15-30-28(33-26(22)35(21-5-3-4-6-21)27(37)25(17)18(2)36)32-24-8-7-19-11-14-34(16-23(19)31-24)20-9-12-29-13-10-20/h7-8,15,20-21,29H,3-6,9-14,16H2,1-2H3,(H,30,31,32,33). The van der Waals surface area contributed by atoms with Crippen molar-refractivity contribution in [2.24, 2.45) is 0 Å². The van der Waals surface area contributed by atoms with Crippen LogP contribution in [0.15, 0.2) is 23.1 Å². The lowest BCUT2D eigenvalue weighted by atomic mass is 9.99. The van der Waals surface area contributed by atoms with Gasteiger partial charge in [0.2, 0.25) is 5.95 Å². The minimum absolute atomic E-state index is 0.0549. The van der Waals surface area contributed by atoms with Crippen LogP contribution in [0.4, 0.5) is 11.8 Å². The Morgan fingerprint density at radius 3 is 2.62 bits per heavy atom. The second-order valence-corrected chi connectivity index (χ2v) is 10.7. The quantitative estimate of drug-likeness (QED) is 0.511. The number of aryl methyl sites for hydroxylation is 1. The summed E-state index contributed by atoms with van der Waals surface area (Å²) in [6, 6.07) is 4.82. The molecule has 37 heavy (non-hydrogen) atoms. The number of nitrogens with one attached hydrogen (secondary N) is 2. The summed E-state index contributed by atoms with van der Waals surface area (Å²) in [5, 5.41) is 7.49. The molecule has 1 aliphatic carbocycles. The molecule has 0 spiro atoms. The maximum atomic E-state index is 13.5. The fraction of sp³-hybridized carbons (Fsp3) is 0.536. The highest BCUT2D eigenvalue weighted by Crippen LogP contribution is 2.32. The van der Waals surface area contributed by atoms with Crippen molar-refractivity contribution in [1.29, 1.82) is 0 Å². The van der Waals surface area contributed by atoms with Crippen LogP contribution in [-0.2, 0) is 13.0 Å². The molecule has 9 nitrogen and oxygen atoms in total. The van der Waals surface area contributed by atoms with Crippen molar-refractivity contribution in [2.45, 2.75) is 77.4 Å². The number of aromatic nitrogens is 4. The lowest BCUT2D eigenvalue weighted by molar-refractivity contribution is 0.101. The summed E-state index contributed by atoms with van der Waals surface area (Å²) in [4.78, 5) is 42.7. The summed E-state index contributed by atoms with van der Waals surface area (Å²) in [5.74, 6) is 0.902. The Morgan fingerprint density at radius 1 is 1.08 bits per heavy atom. The van der Waals surface area contributed by atoms with Gasteiger partial charge >= 0.3 is 0 Å². The Hall–Kier alpha value is -3.17. The van der Waals surface area contributed by atoms with E-state index in [0.717, 1.165) is 69.4 Å². The third-order valence-corrected chi connectivity index (χ3v) is 8.41. The van der Waals surface area contributed by atoms with Crippen LogP contribution in [-0.4, -0.2) is 55.9 Å². The zero-order valence-corrected chi connectivity index (χ0v) is 21.7. The number of rotatable bonds is 5. The molecule has 0 aromatic carbocycles. The molecule has 1 saturated carbocycles. The predicted octanol–water partition coefficient (Wildman–Crippen LogP) is 3.67. The molecule has 0 radical (unpaired) electrons. The Balaban J connectivity index is 1.33. The normalized spacial score (nSPS) is 19.3. The van der Waals surface area contributed by atoms with Gasteiger partial charge in [0.05, 0.1) is 11.3 Å². The fourth-order valence-corrected chi connectivity index (χ4v) is 6.41. The van der Waals surface area contributed by atoms with Gasteiger partial charge in [-0.3, -0.25) is 19.1 Å². The lowest BCUT2D eigenvalue weighted by Gasteiger charge is -2.37. The summed E-state index contributed by atoms with van der Waals surface area (Å²) in [5.41, 5.74) is 3.67. The van der Waals surface area contributed by atoms with Gasteiger partial charge in [0.1, 0.15) is 11.5 Å². The third kappa shape index (κ3) is 4.55. The van der Waals surface area contributed by atoms with Crippen LogP contribution >= 0.6 is 0 Å². The van der Waals surface area contributed by atoms with Gasteiger partial charge in [-0.25, -0.2) is 9.97 Å². The van der Waals surface area contributed by atoms with Gasteiger partial charge in [-0.15, -0.1) is 0 Å². The van der Waals surface area contributed by atoms with Crippen LogP contribution in [0.5, 0.6) is 0 Å². The van der Waals surface area contributed by atoms with E-state index < -0.39 is 0 Å². The van der Waals surface area contributed by atoms with Crippen LogP contribution in [0.25, 0.3) is 11.0 Å². The van der Waals surface area contributed by atoms with Crippen LogP contribution < -0.4 is 16.2 Å². The molecule has 3 aliphatic rings. The number of pyridine rings is 2. The third-order valence-electron chi connectivity index (χ3n) is 8.41. The highest BCUT2D eigenvalue weighted by atomic mass is 16.1. The summed E-state index contributed by atoms with van der Waals surface area (Å²) in [6.07, 6.45) is 9.11. The molecule has 5 heterocycles. The number of piperidine rings is 1. The highest BCUT2D eigenvalue weighted by molar-refractivity contribution is 5.99. The molecular weight excluding hydrogens is 466 g/mol. The number of nitrogens with zero attached hydrogens (tertiary/aromatic N) is 5. The molecule has 0 amide bonds. The summed E-state index contributed by atoms with van der Waals surface area (Å²) in [7, 11) is 0. The topological polar surface area (TPSA) is 105 Å². The molecule has 0 atom stereocenters. The summed E-state index contributed by atoms with van der Waals surface area (Å²) < 4.78 is 1.75. The van der Waals surface area contributed by atoms with Crippen LogP contribution in [0, 0.1) is 6.92 Å². The van der Waals surface area contributed by atoms with Gasteiger partial charge in [0.15, 0.2) is 5.78 Å². The fourth-order valence-electron chi connectivity index (χ4n) is 6.41. The Morgan fingerprint density at radius 2 is 1.86 bits per heavy atom. The first kappa shape index (κ1) is 24.2. The lowest BCUT2D eigenvalue weighted by Crippen LogP contribution is -2.45.